The van der Waals surface area contributed by atoms with E-state index in [0.717, 1.165) is 66.1 Å². The van der Waals surface area contributed by atoms with Crippen LogP contribution in [0.15, 0.2) is 24.3 Å². The predicted molar refractivity (Wildman–Crippen MR) is 147 cm³/mol. The molecule has 0 saturated carbocycles. The Morgan fingerprint density at radius 2 is 1.92 bits per heavy atom. The quantitative estimate of drug-likeness (QED) is 0.347. The summed E-state index contributed by atoms with van der Waals surface area (Å²) in [5.41, 5.74) is 11.0. The van der Waals surface area contributed by atoms with Crippen molar-refractivity contribution < 1.29 is 0 Å². The normalized spacial score (nSPS) is 15.5. The SMILES string of the molecule is CCC(Nc1nc(N)nc(C)c1C=Cc1nn[nH]n1)c1cc2cccc(C)c2nc1N1CCN(C)CC1. The van der Waals surface area contributed by atoms with Gasteiger partial charge in [-0.3, -0.25) is 0 Å². The summed E-state index contributed by atoms with van der Waals surface area (Å²) in [7, 11) is 2.16. The molecule has 1 fully saturated rings. The van der Waals surface area contributed by atoms with Crippen molar-refractivity contribution in [3.05, 3.63) is 52.5 Å². The Kier molecular flexibility index (Phi) is 6.95. The van der Waals surface area contributed by atoms with E-state index in [-0.39, 0.29) is 12.0 Å². The number of tetrazole rings is 1. The molecule has 0 radical (unpaired) electrons. The van der Waals surface area contributed by atoms with E-state index in [9.17, 15) is 0 Å². The zero-order chi connectivity index (χ0) is 25.9. The van der Waals surface area contributed by atoms with Crippen molar-refractivity contribution in [1.82, 2.24) is 40.5 Å². The molecule has 0 amide bonds. The van der Waals surface area contributed by atoms with E-state index in [1.54, 1.807) is 6.08 Å². The number of H-pyrrole nitrogens is 1. The highest BCUT2D eigenvalue weighted by Crippen LogP contribution is 2.35. The van der Waals surface area contributed by atoms with Gasteiger partial charge in [-0.1, -0.05) is 25.1 Å². The summed E-state index contributed by atoms with van der Waals surface area (Å²) in [4.78, 5) is 18.9. The van der Waals surface area contributed by atoms with E-state index < -0.39 is 0 Å². The first-order valence-electron chi connectivity index (χ1n) is 12.6. The molecule has 0 spiro atoms. The monoisotopic (exact) mass is 499 g/mol. The molecule has 1 atom stereocenters. The van der Waals surface area contributed by atoms with Crippen LogP contribution in [-0.2, 0) is 0 Å². The summed E-state index contributed by atoms with van der Waals surface area (Å²) >= 11 is 0. The molecule has 192 valence electrons. The highest BCUT2D eigenvalue weighted by molar-refractivity contribution is 5.85. The van der Waals surface area contributed by atoms with Crippen LogP contribution in [0.5, 0.6) is 0 Å². The third-order valence-electron chi connectivity index (χ3n) is 6.87. The van der Waals surface area contributed by atoms with Crippen molar-refractivity contribution in [2.75, 3.05) is 49.2 Å². The van der Waals surface area contributed by atoms with E-state index in [1.807, 2.05) is 13.0 Å². The summed E-state index contributed by atoms with van der Waals surface area (Å²) in [5.74, 6) is 2.38. The lowest BCUT2D eigenvalue weighted by atomic mass is 10.00. The summed E-state index contributed by atoms with van der Waals surface area (Å²) in [6.45, 7) is 10.1. The number of aromatic amines is 1. The summed E-state index contributed by atoms with van der Waals surface area (Å²) < 4.78 is 0. The van der Waals surface area contributed by atoms with Crippen LogP contribution in [-0.4, -0.2) is 73.7 Å². The number of aryl methyl sites for hydroxylation is 2. The maximum absolute atomic E-state index is 6.07. The number of para-hydroxylation sites is 1. The third-order valence-corrected chi connectivity index (χ3v) is 6.87. The average Bonchev–Trinajstić information content (AvgIpc) is 3.40. The molecule has 4 N–H and O–H groups in total. The number of nitrogens with two attached hydrogens (primary N) is 1. The molecule has 1 aliphatic rings. The molecule has 5 rings (SSSR count). The van der Waals surface area contributed by atoms with Crippen molar-refractivity contribution in [1.29, 1.82) is 0 Å². The fourth-order valence-electron chi connectivity index (χ4n) is 4.76. The second-order valence-electron chi connectivity index (χ2n) is 9.48. The van der Waals surface area contributed by atoms with Gasteiger partial charge in [-0.05, 0) is 56.3 Å². The summed E-state index contributed by atoms with van der Waals surface area (Å²) in [5, 5.41) is 18.9. The second-order valence-corrected chi connectivity index (χ2v) is 9.48. The predicted octanol–water partition coefficient (Wildman–Crippen LogP) is 3.22. The van der Waals surface area contributed by atoms with Gasteiger partial charge in [0, 0.05) is 42.7 Å². The number of hydrogen-bond donors (Lipinski definition) is 3. The zero-order valence-corrected chi connectivity index (χ0v) is 21.7. The molecular formula is C26H33N11. The van der Waals surface area contributed by atoms with Gasteiger partial charge < -0.3 is 20.9 Å². The number of piperazine rings is 1. The molecule has 11 heteroatoms. The lowest BCUT2D eigenvalue weighted by Crippen LogP contribution is -2.45. The smallest absolute Gasteiger partial charge is 0.222 e. The molecular weight excluding hydrogens is 466 g/mol. The number of likely N-dealkylation sites (N-methyl/N-ethyl adjacent to an activating group) is 1. The number of anilines is 3. The molecule has 0 aliphatic carbocycles. The first-order chi connectivity index (χ1) is 17.9. The number of hydrogen-bond acceptors (Lipinski definition) is 10. The van der Waals surface area contributed by atoms with Gasteiger partial charge in [0.25, 0.3) is 0 Å². The minimum atomic E-state index is -0.0434. The number of benzene rings is 1. The first-order valence-corrected chi connectivity index (χ1v) is 12.6. The van der Waals surface area contributed by atoms with Gasteiger partial charge in [0.05, 0.1) is 17.3 Å². The molecule has 4 aromatic rings. The number of rotatable bonds is 7. The van der Waals surface area contributed by atoms with Crippen LogP contribution in [0.4, 0.5) is 17.6 Å². The third kappa shape index (κ3) is 5.21. The molecule has 3 aromatic heterocycles. The number of nitrogen functional groups attached to an aromatic ring is 1. The fourth-order valence-corrected chi connectivity index (χ4v) is 4.76. The number of nitrogens with one attached hydrogen (secondary N) is 2. The second kappa shape index (κ2) is 10.5. The van der Waals surface area contributed by atoms with Crippen molar-refractivity contribution in [3.63, 3.8) is 0 Å². The van der Waals surface area contributed by atoms with Gasteiger partial charge in [0.2, 0.25) is 5.95 Å². The highest BCUT2D eigenvalue weighted by Gasteiger charge is 2.24. The Balaban J connectivity index is 1.57. The molecule has 1 aliphatic heterocycles. The first kappa shape index (κ1) is 24.6. The van der Waals surface area contributed by atoms with E-state index in [2.05, 4.69) is 90.9 Å². The number of pyridine rings is 1. The summed E-state index contributed by atoms with van der Waals surface area (Å²) in [6, 6.07) is 8.56. The minimum absolute atomic E-state index is 0.0434. The van der Waals surface area contributed by atoms with Gasteiger partial charge in [-0.25, -0.2) is 9.97 Å². The van der Waals surface area contributed by atoms with Crippen molar-refractivity contribution in [3.8, 4) is 0 Å². The Bertz CT molecular complexity index is 1410. The summed E-state index contributed by atoms with van der Waals surface area (Å²) in [6.07, 6.45) is 4.49. The Morgan fingerprint density at radius 1 is 1.11 bits per heavy atom. The van der Waals surface area contributed by atoms with E-state index in [4.69, 9.17) is 10.7 Å². The Morgan fingerprint density at radius 3 is 2.65 bits per heavy atom. The van der Waals surface area contributed by atoms with Gasteiger partial charge in [0.15, 0.2) is 5.82 Å². The van der Waals surface area contributed by atoms with Crippen LogP contribution >= 0.6 is 0 Å². The maximum Gasteiger partial charge on any atom is 0.222 e. The van der Waals surface area contributed by atoms with Gasteiger partial charge in [-0.2, -0.15) is 10.2 Å². The molecule has 37 heavy (non-hydrogen) atoms. The number of fused-ring (bicyclic) bond motifs is 1. The minimum Gasteiger partial charge on any atom is -0.368 e. The molecule has 1 unspecified atom stereocenters. The van der Waals surface area contributed by atoms with Crippen LogP contribution in [0.2, 0.25) is 0 Å². The topological polar surface area (TPSA) is 138 Å². The number of aromatic nitrogens is 7. The van der Waals surface area contributed by atoms with E-state index in [1.165, 1.54) is 5.56 Å². The van der Waals surface area contributed by atoms with Crippen LogP contribution in [0.3, 0.4) is 0 Å². The van der Waals surface area contributed by atoms with E-state index >= 15 is 0 Å². The molecule has 1 aromatic carbocycles. The van der Waals surface area contributed by atoms with Gasteiger partial charge >= 0.3 is 0 Å². The maximum atomic E-state index is 6.07. The lowest BCUT2D eigenvalue weighted by Gasteiger charge is -2.35. The average molecular weight is 500 g/mol. The largest absolute Gasteiger partial charge is 0.368 e. The van der Waals surface area contributed by atoms with E-state index in [0.29, 0.717) is 11.6 Å². The van der Waals surface area contributed by atoms with Gasteiger partial charge in [0.1, 0.15) is 11.6 Å². The van der Waals surface area contributed by atoms with Crippen LogP contribution in [0, 0.1) is 13.8 Å². The molecule has 0 bridgehead atoms. The van der Waals surface area contributed by atoms with Crippen molar-refractivity contribution in [2.45, 2.75) is 33.2 Å². The van der Waals surface area contributed by atoms with Crippen molar-refractivity contribution in [2.24, 2.45) is 0 Å². The number of nitrogens with zero attached hydrogens (tertiary/aromatic N) is 8. The lowest BCUT2D eigenvalue weighted by molar-refractivity contribution is 0.311. The van der Waals surface area contributed by atoms with Crippen LogP contribution < -0.4 is 16.0 Å². The van der Waals surface area contributed by atoms with Crippen LogP contribution in [0.1, 0.15) is 47.6 Å². The Hall–Kier alpha value is -4.12. The van der Waals surface area contributed by atoms with Crippen molar-refractivity contribution >= 4 is 40.6 Å². The standard InChI is InChI=1S/C26H33N11/c1-5-21(29-24-19(17(3)28-26(27)31-24)9-10-22-32-34-35-33-22)20-15-18-8-6-7-16(2)23(18)30-25(20)37-13-11-36(4)12-14-37/h6-10,15,21H,5,11-14H2,1-4H3,(H3,27,28,29,31)(H,32,33,34,35). The fraction of sp³-hybridized carbons (Fsp3) is 0.385. The highest BCUT2D eigenvalue weighted by atomic mass is 15.5. The molecule has 11 nitrogen and oxygen atoms in total. The molecule has 1 saturated heterocycles. The van der Waals surface area contributed by atoms with Crippen LogP contribution in [0.25, 0.3) is 23.1 Å². The Labute approximate surface area is 216 Å². The zero-order valence-electron chi connectivity index (χ0n) is 21.7. The van der Waals surface area contributed by atoms with Gasteiger partial charge in [-0.15, -0.1) is 10.2 Å². The molecule has 4 heterocycles.